The zero-order chi connectivity index (χ0) is 30.9. The molecule has 0 bridgehead atoms. The maximum absolute atomic E-state index is 8.62. The first-order chi connectivity index (χ1) is 20.4. The Hall–Kier alpha value is -1.96. The summed E-state index contributed by atoms with van der Waals surface area (Å²) in [5.74, 6) is -1.27. The van der Waals surface area contributed by atoms with Crippen molar-refractivity contribution in [1.82, 2.24) is 0 Å². The number of hydrogen-bond acceptors (Lipinski definition) is 0. The second-order valence-electron chi connectivity index (χ2n) is 13.6. The van der Waals surface area contributed by atoms with Gasteiger partial charge in [-0.05, 0) is 0 Å². The van der Waals surface area contributed by atoms with Crippen LogP contribution in [0.15, 0.2) is 90.0 Å². The summed E-state index contributed by atoms with van der Waals surface area (Å²) in [7, 11) is 17.2. The van der Waals surface area contributed by atoms with Crippen LogP contribution in [0.1, 0.15) is 67.0 Å². The van der Waals surface area contributed by atoms with Crippen molar-refractivity contribution in [1.29, 1.82) is 0 Å². The zero-order valence-electron chi connectivity index (χ0n) is 26.7. The van der Waals surface area contributed by atoms with Gasteiger partial charge < -0.3 is 0 Å². The molecule has 4 heteroatoms. The van der Waals surface area contributed by atoms with E-state index in [-0.39, 0.29) is 7.25 Å². The molecule has 4 aromatic rings. The summed E-state index contributed by atoms with van der Waals surface area (Å²) >= 11 is -4.81. The van der Waals surface area contributed by atoms with E-state index in [0.717, 1.165) is 0 Å². The Morgan fingerprint density at radius 2 is 1.16 bits per heavy atom. The first kappa shape index (κ1) is 31.0. The molecular formula is C39H43Cl2SiZr. The van der Waals surface area contributed by atoms with Crippen molar-refractivity contribution in [2.75, 3.05) is 0 Å². The molecule has 2 atom stereocenters. The van der Waals surface area contributed by atoms with Crippen molar-refractivity contribution in [3.63, 3.8) is 0 Å². The molecule has 0 saturated carbocycles. The molecule has 2 aliphatic rings. The third-order valence-corrected chi connectivity index (χ3v) is 62.4. The summed E-state index contributed by atoms with van der Waals surface area (Å²) in [5.41, 5.74) is 17.3. The molecule has 0 aliphatic heterocycles. The molecular weight excluding hydrogens is 659 g/mol. The van der Waals surface area contributed by atoms with E-state index in [1.165, 1.54) is 72.3 Å². The van der Waals surface area contributed by atoms with Gasteiger partial charge in [-0.15, -0.1) is 0 Å². The third kappa shape index (κ3) is 4.70. The Bertz CT molecular complexity index is 1830. The van der Waals surface area contributed by atoms with Crippen molar-refractivity contribution < 1.29 is 15.6 Å². The number of allylic oxidation sites excluding steroid dienone is 2. The van der Waals surface area contributed by atoms with Gasteiger partial charge in [-0.25, -0.2) is 0 Å². The van der Waals surface area contributed by atoms with Crippen molar-refractivity contribution in [3.05, 3.63) is 129 Å². The topological polar surface area (TPSA) is 0 Å². The van der Waals surface area contributed by atoms with Crippen LogP contribution >= 0.6 is 17.0 Å². The molecule has 4 aromatic carbocycles. The van der Waals surface area contributed by atoms with Crippen LogP contribution in [0.4, 0.5) is 0 Å². The molecule has 0 spiro atoms. The van der Waals surface area contributed by atoms with Gasteiger partial charge in [-0.1, -0.05) is 0 Å². The van der Waals surface area contributed by atoms with Gasteiger partial charge in [0.15, 0.2) is 0 Å². The normalized spacial score (nSPS) is 18.7. The number of benzene rings is 4. The molecule has 0 saturated heterocycles. The van der Waals surface area contributed by atoms with Crippen LogP contribution in [-0.2, 0) is 15.6 Å². The van der Waals surface area contributed by atoms with Gasteiger partial charge in [0.25, 0.3) is 0 Å². The van der Waals surface area contributed by atoms with Crippen molar-refractivity contribution in [2.24, 2.45) is 5.92 Å². The van der Waals surface area contributed by atoms with E-state index >= 15 is 0 Å². The molecule has 221 valence electrons. The van der Waals surface area contributed by atoms with Gasteiger partial charge in [0, 0.05) is 0 Å². The summed E-state index contributed by atoms with van der Waals surface area (Å²) in [6, 6.07) is 28.9. The van der Waals surface area contributed by atoms with Gasteiger partial charge in [0.2, 0.25) is 0 Å². The third-order valence-electron chi connectivity index (χ3n) is 10.5. The molecule has 2 unspecified atom stereocenters. The van der Waals surface area contributed by atoms with Crippen LogP contribution in [0, 0.1) is 26.7 Å². The Labute approximate surface area is 267 Å². The van der Waals surface area contributed by atoms with Crippen LogP contribution < -0.4 is 0 Å². The van der Waals surface area contributed by atoms with Crippen molar-refractivity contribution >= 4 is 35.1 Å². The SMILES string of the molecule is CC1=Cc2c(-c3ccccc3C)ccc(C)c2[CH]1[Zr]([Cl])([Cl])([CH]1C(C(C)C)=Cc2c(-c3ccccc3C)cccc21)[SiH](C)C. The van der Waals surface area contributed by atoms with Crippen LogP contribution in [0.2, 0.25) is 13.1 Å². The molecule has 0 fully saturated rings. The van der Waals surface area contributed by atoms with E-state index in [1.807, 2.05) is 0 Å². The van der Waals surface area contributed by atoms with Crippen LogP contribution in [0.3, 0.4) is 0 Å². The Morgan fingerprint density at radius 1 is 0.605 bits per heavy atom. The first-order valence-corrected chi connectivity index (χ1v) is 32.0. The van der Waals surface area contributed by atoms with Gasteiger partial charge >= 0.3 is 270 Å². The minimum absolute atomic E-state index is 0.0932. The molecule has 2 aliphatic carbocycles. The average Bonchev–Trinajstić information content (AvgIpc) is 3.54. The Morgan fingerprint density at radius 3 is 1.72 bits per heavy atom. The molecule has 6 rings (SSSR count). The molecule has 0 N–H and O–H groups in total. The number of aryl methyl sites for hydroxylation is 3. The fourth-order valence-corrected chi connectivity index (χ4v) is 40.4. The first-order valence-electron chi connectivity index (χ1n) is 15.7. The average molecular weight is 702 g/mol. The van der Waals surface area contributed by atoms with E-state index in [4.69, 9.17) is 17.0 Å². The second-order valence-corrected chi connectivity index (χ2v) is 56.1. The fourth-order valence-electron chi connectivity index (χ4n) is 8.13. The fraction of sp³-hybridized carbons (Fsp3) is 0.282. The Kier molecular flexibility index (Phi) is 8.04. The van der Waals surface area contributed by atoms with E-state index in [2.05, 4.69) is 146 Å². The van der Waals surface area contributed by atoms with Gasteiger partial charge in [-0.3, -0.25) is 0 Å². The summed E-state index contributed by atoms with van der Waals surface area (Å²) in [4.78, 5) is 0. The van der Waals surface area contributed by atoms with Gasteiger partial charge in [-0.2, -0.15) is 0 Å². The maximum atomic E-state index is 8.62. The number of halogens is 2. The van der Waals surface area contributed by atoms with Gasteiger partial charge in [0.05, 0.1) is 0 Å². The molecule has 0 nitrogen and oxygen atoms in total. The monoisotopic (exact) mass is 699 g/mol. The number of fused-ring (bicyclic) bond motifs is 2. The predicted molar refractivity (Wildman–Crippen MR) is 190 cm³/mol. The molecule has 0 amide bonds. The van der Waals surface area contributed by atoms with Crippen LogP contribution in [-0.4, -0.2) is 5.92 Å². The summed E-state index contributed by atoms with van der Waals surface area (Å²) in [6.45, 7) is 18.5. The van der Waals surface area contributed by atoms with Crippen LogP contribution in [0.25, 0.3) is 34.4 Å². The standard InChI is InChI=1S/C19H19.C18H17.C2H7Si.2ClH.Zr/c1-13(2)16-11-15-8-6-10-18(19(15)12-16)17-9-5-4-7-14(17)3;1-12-10-17-14(3)8-9-16(18(17)11-12)15-7-5-4-6-13(15)2;1-3-2;;;/h4-13H,1-3H3;4-11H,1-3H3;3H,1-2H3;2*1H;/q;;;;;+2/p-2. The number of hydrogen-bond donors (Lipinski definition) is 0. The zero-order valence-corrected chi connectivity index (χ0v) is 31.9. The van der Waals surface area contributed by atoms with E-state index in [9.17, 15) is 0 Å². The van der Waals surface area contributed by atoms with Crippen LogP contribution in [0.5, 0.6) is 0 Å². The van der Waals surface area contributed by atoms with E-state index in [1.54, 1.807) is 0 Å². The van der Waals surface area contributed by atoms with E-state index in [0.29, 0.717) is 5.92 Å². The van der Waals surface area contributed by atoms with Crippen molar-refractivity contribution in [3.8, 4) is 22.3 Å². The Balaban J connectivity index is 1.63. The molecule has 0 heterocycles. The number of rotatable bonds is 6. The molecule has 0 aromatic heterocycles. The minimum atomic E-state index is -4.81. The second kappa shape index (κ2) is 11.1. The molecule has 43 heavy (non-hydrogen) atoms. The quantitative estimate of drug-likeness (QED) is 0.176. The summed E-state index contributed by atoms with van der Waals surface area (Å²) in [5, 5.41) is 0. The summed E-state index contributed by atoms with van der Waals surface area (Å²) < 4.78 is 0.187. The van der Waals surface area contributed by atoms with E-state index < -0.39 is 21.5 Å². The predicted octanol–water partition coefficient (Wildman–Crippen LogP) is 12.2. The van der Waals surface area contributed by atoms with Crippen molar-refractivity contribution in [2.45, 2.75) is 61.9 Å². The van der Waals surface area contributed by atoms with Gasteiger partial charge in [0.1, 0.15) is 0 Å². The summed E-state index contributed by atoms with van der Waals surface area (Å²) in [6.07, 6.45) is 4.91. The molecule has 0 radical (unpaired) electrons.